The molecule has 0 aliphatic heterocycles. The van der Waals surface area contributed by atoms with Gasteiger partial charge in [-0.25, -0.2) is 0 Å². The first-order valence-electron chi connectivity index (χ1n) is 9.57. The van der Waals surface area contributed by atoms with Crippen molar-refractivity contribution in [1.82, 2.24) is 14.8 Å². The Morgan fingerprint density at radius 3 is 2.41 bits per heavy atom. The minimum atomic E-state index is 0.183. The molecular formula is C22H27N3S2. The van der Waals surface area contributed by atoms with Gasteiger partial charge in [-0.15, -0.1) is 21.5 Å². The van der Waals surface area contributed by atoms with E-state index in [2.05, 4.69) is 79.0 Å². The first kappa shape index (κ1) is 18.8. The Bertz CT molecular complexity index is 922. The average molecular weight is 398 g/mol. The van der Waals surface area contributed by atoms with E-state index in [0.29, 0.717) is 6.04 Å². The predicted octanol–water partition coefficient (Wildman–Crippen LogP) is 6.55. The molecule has 1 saturated carbocycles. The zero-order valence-electron chi connectivity index (χ0n) is 16.7. The molecule has 0 bridgehead atoms. The largest absolute Gasteiger partial charge is 0.298 e. The van der Waals surface area contributed by atoms with Gasteiger partial charge in [-0.2, -0.15) is 0 Å². The van der Waals surface area contributed by atoms with Crippen molar-refractivity contribution in [1.29, 1.82) is 0 Å². The first-order chi connectivity index (χ1) is 12.8. The molecular weight excluding hydrogens is 370 g/mol. The highest BCUT2D eigenvalue weighted by Crippen LogP contribution is 2.42. The van der Waals surface area contributed by atoms with Gasteiger partial charge in [0.25, 0.3) is 0 Å². The van der Waals surface area contributed by atoms with Gasteiger partial charge in [-0.1, -0.05) is 50.7 Å². The third kappa shape index (κ3) is 3.85. The number of rotatable bonds is 5. The maximum Gasteiger partial charge on any atom is 0.192 e. The van der Waals surface area contributed by atoms with E-state index in [1.807, 2.05) is 11.8 Å². The highest BCUT2D eigenvalue weighted by atomic mass is 32.2. The molecule has 27 heavy (non-hydrogen) atoms. The smallest absolute Gasteiger partial charge is 0.192 e. The number of nitrogens with zero attached hydrogens (tertiary/aromatic N) is 3. The Labute approximate surface area is 170 Å². The summed E-state index contributed by atoms with van der Waals surface area (Å²) in [5, 5.41) is 12.2. The molecule has 3 aromatic rings. The third-order valence-electron chi connectivity index (χ3n) is 5.23. The van der Waals surface area contributed by atoms with Crippen LogP contribution < -0.4 is 0 Å². The monoisotopic (exact) mass is 397 g/mol. The summed E-state index contributed by atoms with van der Waals surface area (Å²) in [6, 6.07) is 9.51. The summed E-state index contributed by atoms with van der Waals surface area (Å²) in [5.74, 6) is 1.98. The van der Waals surface area contributed by atoms with Crippen molar-refractivity contribution in [2.24, 2.45) is 0 Å². The normalized spacial score (nSPS) is 14.7. The lowest BCUT2D eigenvalue weighted by atomic mass is 9.84. The van der Waals surface area contributed by atoms with Crippen LogP contribution in [0.15, 0.2) is 34.8 Å². The van der Waals surface area contributed by atoms with Crippen LogP contribution in [0.2, 0.25) is 0 Å². The molecule has 0 atom stereocenters. The molecule has 0 saturated heterocycles. The summed E-state index contributed by atoms with van der Waals surface area (Å²) in [4.78, 5) is 1.21. The molecule has 1 aliphatic carbocycles. The number of hydrogen-bond donors (Lipinski definition) is 0. The lowest BCUT2D eigenvalue weighted by Gasteiger charge is -2.22. The molecule has 0 unspecified atom stereocenters. The molecule has 1 aliphatic rings. The van der Waals surface area contributed by atoms with E-state index in [9.17, 15) is 0 Å². The zero-order chi connectivity index (χ0) is 19.2. The van der Waals surface area contributed by atoms with E-state index in [1.165, 1.54) is 40.0 Å². The van der Waals surface area contributed by atoms with E-state index in [1.54, 1.807) is 11.3 Å². The summed E-state index contributed by atoms with van der Waals surface area (Å²) in [5.41, 5.74) is 5.78. The SMILES string of the molecule is Cc1cc(C(C)(C)C)cc(C)c1CSc1nnc(-c2cccs2)n1C1CC1. The molecule has 2 heterocycles. The average Bonchev–Trinajstić information content (AvgIpc) is 3.12. The second kappa shape index (κ2) is 7.10. The maximum atomic E-state index is 4.55. The summed E-state index contributed by atoms with van der Waals surface area (Å²) in [6.07, 6.45) is 2.48. The van der Waals surface area contributed by atoms with Crippen LogP contribution in [-0.2, 0) is 11.2 Å². The second-order valence-electron chi connectivity index (χ2n) is 8.51. The molecule has 4 rings (SSSR count). The molecule has 2 aromatic heterocycles. The fourth-order valence-corrected chi connectivity index (χ4v) is 5.31. The van der Waals surface area contributed by atoms with E-state index in [0.717, 1.165) is 16.7 Å². The number of aromatic nitrogens is 3. The van der Waals surface area contributed by atoms with Gasteiger partial charge < -0.3 is 0 Å². The van der Waals surface area contributed by atoms with E-state index < -0.39 is 0 Å². The van der Waals surface area contributed by atoms with Gasteiger partial charge in [0.1, 0.15) is 0 Å². The molecule has 0 spiro atoms. The highest BCUT2D eigenvalue weighted by molar-refractivity contribution is 7.98. The Morgan fingerprint density at radius 1 is 1.15 bits per heavy atom. The Morgan fingerprint density at radius 2 is 1.85 bits per heavy atom. The van der Waals surface area contributed by atoms with Crippen molar-refractivity contribution in [3.8, 4) is 10.7 Å². The van der Waals surface area contributed by atoms with E-state index in [-0.39, 0.29) is 5.41 Å². The van der Waals surface area contributed by atoms with Gasteiger partial charge in [0, 0.05) is 11.8 Å². The number of thiophene rings is 1. The van der Waals surface area contributed by atoms with Gasteiger partial charge in [0.15, 0.2) is 11.0 Å². The van der Waals surface area contributed by atoms with Crippen LogP contribution >= 0.6 is 23.1 Å². The van der Waals surface area contributed by atoms with Gasteiger partial charge in [0.2, 0.25) is 0 Å². The van der Waals surface area contributed by atoms with Crippen LogP contribution in [0.1, 0.15) is 61.9 Å². The molecule has 0 N–H and O–H groups in total. The number of benzene rings is 1. The van der Waals surface area contributed by atoms with Crippen LogP contribution in [-0.4, -0.2) is 14.8 Å². The van der Waals surface area contributed by atoms with Crippen molar-refractivity contribution in [3.05, 3.63) is 51.9 Å². The lowest BCUT2D eigenvalue weighted by Crippen LogP contribution is -2.12. The second-order valence-corrected chi connectivity index (χ2v) is 10.4. The molecule has 3 nitrogen and oxygen atoms in total. The van der Waals surface area contributed by atoms with Crippen molar-refractivity contribution in [2.45, 2.75) is 69.8 Å². The number of hydrogen-bond acceptors (Lipinski definition) is 4. The minimum Gasteiger partial charge on any atom is -0.298 e. The minimum absolute atomic E-state index is 0.183. The van der Waals surface area contributed by atoms with Crippen molar-refractivity contribution in [2.75, 3.05) is 0 Å². The van der Waals surface area contributed by atoms with Gasteiger partial charge in [-0.3, -0.25) is 4.57 Å². The Hall–Kier alpha value is -1.59. The first-order valence-corrected chi connectivity index (χ1v) is 11.4. The van der Waals surface area contributed by atoms with Crippen molar-refractivity contribution < 1.29 is 0 Å². The van der Waals surface area contributed by atoms with E-state index in [4.69, 9.17) is 0 Å². The topological polar surface area (TPSA) is 30.7 Å². The van der Waals surface area contributed by atoms with Crippen molar-refractivity contribution in [3.63, 3.8) is 0 Å². The molecule has 5 heteroatoms. The van der Waals surface area contributed by atoms with Gasteiger partial charge in [-0.05, 0) is 65.8 Å². The summed E-state index contributed by atoms with van der Waals surface area (Å²) in [6.45, 7) is 11.3. The maximum absolute atomic E-state index is 4.55. The molecule has 1 fully saturated rings. The lowest BCUT2D eigenvalue weighted by molar-refractivity contribution is 0.589. The van der Waals surface area contributed by atoms with Crippen LogP contribution in [0.3, 0.4) is 0 Å². The third-order valence-corrected chi connectivity index (χ3v) is 7.06. The highest BCUT2D eigenvalue weighted by Gasteiger charge is 2.30. The van der Waals surface area contributed by atoms with E-state index >= 15 is 0 Å². The molecule has 0 radical (unpaired) electrons. The molecule has 142 valence electrons. The van der Waals surface area contributed by atoms with Gasteiger partial charge in [0.05, 0.1) is 4.88 Å². The Kier molecular flexibility index (Phi) is 4.93. The van der Waals surface area contributed by atoms with Crippen LogP contribution in [0.4, 0.5) is 0 Å². The fourth-order valence-electron chi connectivity index (χ4n) is 3.40. The van der Waals surface area contributed by atoms with Gasteiger partial charge >= 0.3 is 0 Å². The summed E-state index contributed by atoms with van der Waals surface area (Å²) >= 11 is 3.56. The predicted molar refractivity (Wildman–Crippen MR) is 116 cm³/mol. The summed E-state index contributed by atoms with van der Waals surface area (Å²) < 4.78 is 2.37. The van der Waals surface area contributed by atoms with Crippen LogP contribution in [0, 0.1) is 13.8 Å². The van der Waals surface area contributed by atoms with Crippen LogP contribution in [0.5, 0.6) is 0 Å². The summed E-state index contributed by atoms with van der Waals surface area (Å²) in [7, 11) is 0. The Balaban J connectivity index is 1.60. The quantitative estimate of drug-likeness (QED) is 0.457. The van der Waals surface area contributed by atoms with Crippen molar-refractivity contribution >= 4 is 23.1 Å². The molecule has 0 amide bonds. The number of thioether (sulfide) groups is 1. The fraction of sp³-hybridized carbons (Fsp3) is 0.455. The number of aryl methyl sites for hydroxylation is 2. The zero-order valence-corrected chi connectivity index (χ0v) is 18.4. The standard InChI is InChI=1S/C22H27N3S2/c1-14-11-16(22(3,4)5)12-15(2)18(14)13-27-21-24-23-20(19-7-6-10-26-19)25(21)17-8-9-17/h6-7,10-12,17H,8-9,13H2,1-5H3. The van der Waals surface area contributed by atoms with Crippen LogP contribution in [0.25, 0.3) is 10.7 Å². The molecule has 1 aromatic carbocycles.